The molecule has 1 N–H and O–H groups in total. The van der Waals surface area contributed by atoms with Gasteiger partial charge < -0.3 is 5.09 Å². The van der Waals surface area contributed by atoms with Crippen molar-refractivity contribution < 1.29 is 13.9 Å². The second-order valence-electron chi connectivity index (χ2n) is 7.44. The lowest BCUT2D eigenvalue weighted by atomic mass is 10.2. The number of fused-ring (bicyclic) bond motifs is 1. The molecule has 2 aromatic carbocycles. The highest BCUT2D eigenvalue weighted by Crippen LogP contribution is 2.54. The quantitative estimate of drug-likeness (QED) is 0.265. The minimum Gasteiger partial charge on any atom is -0.316 e. The number of nitro groups is 1. The Kier molecular flexibility index (Phi) is 6.25. The molecular formula is C21H18BrFN7O3P. The molecule has 0 saturated heterocycles. The molecule has 2 heterocycles. The van der Waals surface area contributed by atoms with Gasteiger partial charge >= 0.3 is 0 Å². The molecule has 10 nitrogen and oxygen atoms in total. The zero-order valence-corrected chi connectivity index (χ0v) is 20.5. The van der Waals surface area contributed by atoms with E-state index >= 15 is 0 Å². The molecule has 1 unspecified atom stereocenters. The van der Waals surface area contributed by atoms with Crippen LogP contribution < -0.4 is 10.4 Å². The first kappa shape index (κ1) is 23.6. The number of hydrogen-bond donors (Lipinski definition) is 1. The highest BCUT2D eigenvalue weighted by Gasteiger charge is 2.43. The summed E-state index contributed by atoms with van der Waals surface area (Å²) in [6.45, 7) is 1.89. The largest absolute Gasteiger partial charge is 0.316 e. The van der Waals surface area contributed by atoms with Crippen LogP contribution in [0.1, 0.15) is 17.7 Å². The van der Waals surface area contributed by atoms with E-state index < -0.39 is 18.2 Å². The Morgan fingerprint density at radius 1 is 1.32 bits per heavy atom. The maximum absolute atomic E-state index is 14.7. The molecule has 0 aliphatic carbocycles. The summed E-state index contributed by atoms with van der Waals surface area (Å²) in [7, 11) is -2.22. The fourth-order valence-corrected chi connectivity index (χ4v) is 6.71. The normalized spacial score (nSPS) is 17.0. The molecule has 1 aromatic heterocycles. The highest BCUT2D eigenvalue weighted by molar-refractivity contribution is 9.10. The van der Waals surface area contributed by atoms with E-state index in [0.717, 1.165) is 0 Å². The van der Waals surface area contributed by atoms with Crippen molar-refractivity contribution in [3.8, 4) is 6.07 Å². The van der Waals surface area contributed by atoms with Gasteiger partial charge in [-0.3, -0.25) is 19.3 Å². The zero-order valence-electron chi connectivity index (χ0n) is 18.1. The maximum atomic E-state index is 14.7. The van der Waals surface area contributed by atoms with Gasteiger partial charge in [0.1, 0.15) is 17.0 Å². The van der Waals surface area contributed by atoms with Gasteiger partial charge in [-0.2, -0.15) is 10.4 Å². The molecule has 1 aliphatic rings. The second kappa shape index (κ2) is 9.00. The molecule has 3 aromatic rings. The van der Waals surface area contributed by atoms with Gasteiger partial charge in [-0.1, -0.05) is 12.1 Å². The number of benzene rings is 2. The molecule has 0 spiro atoms. The van der Waals surface area contributed by atoms with E-state index in [0.29, 0.717) is 21.2 Å². The fraction of sp³-hybridized carbons (Fsp3) is 0.190. The number of nitro benzene ring substituents is 1. The smallest absolute Gasteiger partial charge is 0.296 e. The lowest BCUT2D eigenvalue weighted by Crippen LogP contribution is -2.37. The Bertz CT molecular complexity index is 1430. The number of non-ortho nitro benzene ring substituents is 1. The number of nitriles is 1. The van der Waals surface area contributed by atoms with Crippen molar-refractivity contribution in [1.29, 1.82) is 5.26 Å². The van der Waals surface area contributed by atoms with Crippen LogP contribution in [0, 0.1) is 34.2 Å². The summed E-state index contributed by atoms with van der Waals surface area (Å²) >= 11 is 3.30. The molecule has 1 aliphatic heterocycles. The molecule has 4 rings (SSSR count). The van der Waals surface area contributed by atoms with E-state index in [4.69, 9.17) is 5.26 Å². The summed E-state index contributed by atoms with van der Waals surface area (Å²) in [5, 5.41) is 27.9. The second-order valence-corrected chi connectivity index (χ2v) is 10.7. The van der Waals surface area contributed by atoms with E-state index in [-0.39, 0.29) is 35.9 Å². The number of nitrogens with zero attached hydrogens (tertiary/aromatic N) is 6. The van der Waals surface area contributed by atoms with Crippen LogP contribution in [0.4, 0.5) is 21.6 Å². The summed E-state index contributed by atoms with van der Waals surface area (Å²) in [4.78, 5) is 15.2. The SMILES string of the molecule is Cc1nn(CCC#N)c2c1P(=O)(Nc1ccc([N+](=O)[O-])cc1Br)N(C)C(c1ccccc1F)=N2. The van der Waals surface area contributed by atoms with Crippen molar-refractivity contribution in [3.05, 3.63) is 74.1 Å². The summed E-state index contributed by atoms with van der Waals surface area (Å²) in [6.07, 6.45) is 0.152. The average molecular weight is 546 g/mol. The number of rotatable bonds is 6. The third-order valence-electron chi connectivity index (χ3n) is 5.30. The molecular weight excluding hydrogens is 528 g/mol. The number of aromatic nitrogens is 2. The zero-order chi connectivity index (χ0) is 24.6. The first-order chi connectivity index (χ1) is 16.2. The van der Waals surface area contributed by atoms with Crippen molar-refractivity contribution in [2.45, 2.75) is 19.9 Å². The summed E-state index contributed by atoms with van der Waals surface area (Å²) in [5.74, 6) is -0.157. The predicted molar refractivity (Wildman–Crippen MR) is 129 cm³/mol. The summed E-state index contributed by atoms with van der Waals surface area (Å²) in [6, 6.07) is 12.1. The van der Waals surface area contributed by atoms with Gasteiger partial charge in [-0.25, -0.2) is 14.1 Å². The van der Waals surface area contributed by atoms with Gasteiger partial charge in [0.2, 0.25) is 0 Å². The topological polar surface area (TPSA) is 129 Å². The number of halogens is 2. The Morgan fingerprint density at radius 2 is 2.06 bits per heavy atom. The average Bonchev–Trinajstić information content (AvgIpc) is 3.12. The first-order valence-corrected chi connectivity index (χ1v) is 12.5. The van der Waals surface area contributed by atoms with Crippen molar-refractivity contribution in [3.63, 3.8) is 0 Å². The van der Waals surface area contributed by atoms with Gasteiger partial charge in [0.25, 0.3) is 13.1 Å². The van der Waals surface area contributed by atoms with Gasteiger partial charge in [-0.15, -0.1) is 0 Å². The monoisotopic (exact) mass is 545 g/mol. The molecule has 1 atom stereocenters. The molecule has 0 amide bonds. The standard InChI is InChI=1S/C21H18BrFN7O3P/c1-13-19-21(29(26-13)11-5-10-24)25-20(15-6-3-4-7-17(15)23)28(2)34(19,33)27-18-9-8-14(30(31)32)12-16(18)22/h3-4,6-9,12H,5,11H2,1-2H3,(H,27,33). The minimum absolute atomic E-state index is 0.123. The maximum Gasteiger partial charge on any atom is 0.296 e. The van der Waals surface area contributed by atoms with Gasteiger partial charge in [0.05, 0.1) is 40.9 Å². The number of anilines is 1. The highest BCUT2D eigenvalue weighted by atomic mass is 79.9. The number of hydrogen-bond acceptors (Lipinski definition) is 6. The van der Waals surface area contributed by atoms with Crippen LogP contribution in [0.5, 0.6) is 0 Å². The number of nitrogens with one attached hydrogen (secondary N) is 1. The van der Waals surface area contributed by atoms with Crippen LogP contribution in [0.15, 0.2) is 51.9 Å². The minimum atomic E-state index is -3.75. The summed E-state index contributed by atoms with van der Waals surface area (Å²) in [5.41, 5.74) is 0.782. The number of amidine groups is 1. The van der Waals surface area contributed by atoms with Gasteiger partial charge in [0, 0.05) is 23.7 Å². The fourth-order valence-electron chi connectivity index (χ4n) is 3.67. The molecule has 0 radical (unpaired) electrons. The van der Waals surface area contributed by atoms with Gasteiger partial charge in [0.15, 0.2) is 5.82 Å². The summed E-state index contributed by atoms with van der Waals surface area (Å²) < 4.78 is 32.6. The molecule has 0 fully saturated rings. The van der Waals surface area contributed by atoms with Crippen molar-refractivity contribution in [2.24, 2.45) is 4.99 Å². The molecule has 34 heavy (non-hydrogen) atoms. The number of aliphatic imine (C=N–C) groups is 1. The van der Waals surface area contributed by atoms with Crippen molar-refractivity contribution in [2.75, 3.05) is 12.1 Å². The Balaban J connectivity index is 1.91. The Hall–Kier alpha value is -3.55. The van der Waals surface area contributed by atoms with Crippen molar-refractivity contribution in [1.82, 2.24) is 14.5 Å². The number of aryl methyl sites for hydroxylation is 2. The third-order valence-corrected chi connectivity index (χ3v) is 8.66. The van der Waals surface area contributed by atoms with Crippen LogP contribution in [0.2, 0.25) is 0 Å². The van der Waals surface area contributed by atoms with E-state index in [2.05, 4.69) is 31.1 Å². The first-order valence-electron chi connectivity index (χ1n) is 10.0. The molecule has 13 heteroatoms. The van der Waals surface area contributed by atoms with Crippen LogP contribution in [0.3, 0.4) is 0 Å². The van der Waals surface area contributed by atoms with Crippen LogP contribution in [0.25, 0.3) is 0 Å². The lowest BCUT2D eigenvalue weighted by Gasteiger charge is -2.35. The van der Waals surface area contributed by atoms with E-state index in [1.54, 1.807) is 19.1 Å². The van der Waals surface area contributed by atoms with Crippen molar-refractivity contribution >= 4 is 51.7 Å². The van der Waals surface area contributed by atoms with Crippen LogP contribution >= 0.6 is 23.4 Å². The molecule has 0 saturated carbocycles. The van der Waals surface area contributed by atoms with E-state index in [1.165, 1.54) is 46.7 Å². The van der Waals surface area contributed by atoms with E-state index in [9.17, 15) is 19.1 Å². The van der Waals surface area contributed by atoms with E-state index in [1.807, 2.05) is 6.07 Å². The molecule has 0 bridgehead atoms. The Labute approximate surface area is 202 Å². The lowest BCUT2D eigenvalue weighted by molar-refractivity contribution is -0.384. The molecule has 174 valence electrons. The Morgan fingerprint density at radius 3 is 2.71 bits per heavy atom. The van der Waals surface area contributed by atoms with Gasteiger partial charge in [-0.05, 0) is 41.1 Å². The third kappa shape index (κ3) is 3.97. The van der Waals surface area contributed by atoms with Crippen LogP contribution in [-0.2, 0) is 11.1 Å². The van der Waals surface area contributed by atoms with Crippen LogP contribution in [-0.4, -0.2) is 32.3 Å². The predicted octanol–water partition coefficient (Wildman–Crippen LogP) is 4.87.